The number of piperidine rings is 1. The van der Waals surface area contributed by atoms with E-state index in [0.29, 0.717) is 5.69 Å². The zero-order valence-electron chi connectivity index (χ0n) is 16.5. The minimum atomic E-state index is -0.472. The number of hydrogen-bond acceptors (Lipinski definition) is 5. The van der Waals surface area contributed by atoms with E-state index in [2.05, 4.69) is 20.9 Å². The quantitative estimate of drug-likeness (QED) is 0.767. The molecule has 1 aliphatic heterocycles. The molecule has 0 spiro atoms. The van der Waals surface area contributed by atoms with Crippen molar-refractivity contribution < 1.29 is 13.9 Å². The van der Waals surface area contributed by atoms with Crippen molar-refractivity contribution in [2.45, 2.75) is 57.6 Å². The van der Waals surface area contributed by atoms with E-state index < -0.39 is 5.82 Å². The van der Waals surface area contributed by atoms with Crippen molar-refractivity contribution in [2.75, 3.05) is 18.4 Å². The molecule has 158 valence electrons. The van der Waals surface area contributed by atoms with Crippen molar-refractivity contribution in [1.82, 2.24) is 20.3 Å². The molecule has 1 aliphatic carbocycles. The second-order valence-corrected chi connectivity index (χ2v) is 7.57. The Hall–Kier alpha value is -2.19. The van der Waals surface area contributed by atoms with Crippen molar-refractivity contribution in [3.63, 3.8) is 0 Å². The van der Waals surface area contributed by atoms with E-state index in [1.807, 2.05) is 11.6 Å². The lowest BCUT2D eigenvalue weighted by molar-refractivity contribution is 0.102. The molecule has 0 unspecified atom stereocenters. The van der Waals surface area contributed by atoms with E-state index in [-0.39, 0.29) is 41.9 Å². The van der Waals surface area contributed by atoms with Crippen LogP contribution in [0.3, 0.4) is 0 Å². The Bertz CT molecular complexity index is 847. The number of nitrogens with one attached hydrogen (secondary N) is 2. The number of amides is 1. The van der Waals surface area contributed by atoms with Crippen LogP contribution in [0.2, 0.25) is 0 Å². The van der Waals surface area contributed by atoms with Gasteiger partial charge in [0.25, 0.3) is 5.91 Å². The zero-order chi connectivity index (χ0) is 19.5. The second kappa shape index (κ2) is 9.54. The number of carbonyl (C=O) groups is 1. The highest BCUT2D eigenvalue weighted by atomic mass is 35.5. The van der Waals surface area contributed by atoms with Gasteiger partial charge in [-0.15, -0.1) is 17.5 Å². The summed E-state index contributed by atoms with van der Waals surface area (Å²) in [6, 6.07) is 4.76. The lowest BCUT2D eigenvalue weighted by atomic mass is 10.1. The molecule has 2 heterocycles. The Labute approximate surface area is 175 Å². The number of nitrogens with zero attached hydrogens (tertiary/aromatic N) is 3. The molecule has 2 fully saturated rings. The fourth-order valence-electron chi connectivity index (χ4n) is 4.00. The molecule has 4 rings (SSSR count). The molecule has 1 aromatic carbocycles. The lowest BCUT2D eigenvalue weighted by Gasteiger charge is -2.23. The molecule has 1 saturated carbocycles. The number of ether oxygens (including phenoxy) is 1. The maximum Gasteiger partial charge on any atom is 0.278 e. The molecule has 1 saturated heterocycles. The van der Waals surface area contributed by atoms with Crippen molar-refractivity contribution in [3.8, 4) is 5.75 Å². The normalized spacial score (nSPS) is 17.7. The van der Waals surface area contributed by atoms with Gasteiger partial charge in [-0.3, -0.25) is 4.79 Å². The highest BCUT2D eigenvalue weighted by Crippen LogP contribution is 2.28. The minimum absolute atomic E-state index is 0. The summed E-state index contributed by atoms with van der Waals surface area (Å²) in [4.78, 5) is 12.6. The van der Waals surface area contributed by atoms with Gasteiger partial charge in [0, 0.05) is 11.8 Å². The monoisotopic (exact) mass is 423 g/mol. The maximum atomic E-state index is 14.4. The van der Waals surface area contributed by atoms with E-state index in [4.69, 9.17) is 4.74 Å². The molecule has 0 atom stereocenters. The van der Waals surface area contributed by atoms with Gasteiger partial charge in [-0.25, -0.2) is 9.07 Å². The summed E-state index contributed by atoms with van der Waals surface area (Å²) in [5, 5.41) is 14.3. The standard InChI is InChI=1S/C20H26FN5O2.ClH/c1-13-19(24-25-26(13)15-8-10-22-11-9-15)20(27)23-14-6-7-18(17(21)12-14)28-16-4-2-3-5-16;/h6-7,12,15-16,22H,2-5,8-11H2,1H3,(H,23,27);1H. The summed E-state index contributed by atoms with van der Waals surface area (Å²) in [6.45, 7) is 3.70. The Balaban J connectivity index is 0.00000240. The van der Waals surface area contributed by atoms with Gasteiger partial charge in [0.2, 0.25) is 0 Å². The topological polar surface area (TPSA) is 81.1 Å². The average Bonchev–Trinajstić information content (AvgIpc) is 3.34. The van der Waals surface area contributed by atoms with Gasteiger partial charge < -0.3 is 15.4 Å². The Morgan fingerprint density at radius 1 is 1.24 bits per heavy atom. The number of carbonyl (C=O) groups excluding carboxylic acids is 1. The predicted molar refractivity (Wildman–Crippen MR) is 110 cm³/mol. The number of hydrogen-bond donors (Lipinski definition) is 2. The summed E-state index contributed by atoms with van der Waals surface area (Å²) in [6.07, 6.45) is 6.17. The van der Waals surface area contributed by atoms with Gasteiger partial charge in [-0.05, 0) is 70.7 Å². The maximum absolute atomic E-state index is 14.4. The molecule has 2 aliphatic rings. The van der Waals surface area contributed by atoms with Crippen LogP contribution in [0.25, 0.3) is 0 Å². The Kier molecular flexibility index (Phi) is 7.08. The molecule has 1 amide bonds. The van der Waals surface area contributed by atoms with Gasteiger partial charge in [-0.1, -0.05) is 5.21 Å². The van der Waals surface area contributed by atoms with Crippen molar-refractivity contribution >= 4 is 24.0 Å². The fraction of sp³-hybridized carbons (Fsp3) is 0.550. The van der Waals surface area contributed by atoms with Crippen LogP contribution in [0.15, 0.2) is 18.2 Å². The van der Waals surface area contributed by atoms with E-state index in [1.165, 1.54) is 6.07 Å². The first-order valence-electron chi connectivity index (χ1n) is 10.0. The van der Waals surface area contributed by atoms with E-state index in [9.17, 15) is 9.18 Å². The van der Waals surface area contributed by atoms with Crippen molar-refractivity contribution in [3.05, 3.63) is 35.4 Å². The predicted octanol–water partition coefficient (Wildman–Crippen LogP) is 3.65. The fourth-order valence-corrected chi connectivity index (χ4v) is 4.00. The number of anilines is 1. The summed E-state index contributed by atoms with van der Waals surface area (Å²) in [5.74, 6) is -0.626. The summed E-state index contributed by atoms with van der Waals surface area (Å²) in [7, 11) is 0. The van der Waals surface area contributed by atoms with Crippen LogP contribution in [-0.4, -0.2) is 40.1 Å². The molecule has 2 N–H and O–H groups in total. The molecular formula is C20H27ClFN5O2. The Morgan fingerprint density at radius 2 is 1.97 bits per heavy atom. The molecule has 0 bridgehead atoms. The zero-order valence-corrected chi connectivity index (χ0v) is 17.3. The minimum Gasteiger partial charge on any atom is -0.487 e. The SMILES string of the molecule is Cc1c(C(=O)Nc2ccc(OC3CCCC3)c(F)c2)nnn1C1CCNCC1.Cl. The third kappa shape index (κ3) is 4.87. The highest BCUT2D eigenvalue weighted by Gasteiger charge is 2.23. The Morgan fingerprint density at radius 3 is 2.66 bits per heavy atom. The van der Waals surface area contributed by atoms with Crippen LogP contribution in [0.1, 0.15) is 60.7 Å². The first-order chi connectivity index (χ1) is 13.6. The van der Waals surface area contributed by atoms with Crippen molar-refractivity contribution in [1.29, 1.82) is 0 Å². The van der Waals surface area contributed by atoms with E-state index >= 15 is 0 Å². The molecule has 9 heteroatoms. The highest BCUT2D eigenvalue weighted by molar-refractivity contribution is 6.03. The second-order valence-electron chi connectivity index (χ2n) is 7.57. The third-order valence-corrected chi connectivity index (χ3v) is 5.58. The average molecular weight is 424 g/mol. The van der Waals surface area contributed by atoms with Gasteiger partial charge in [0.15, 0.2) is 17.3 Å². The van der Waals surface area contributed by atoms with Gasteiger partial charge >= 0.3 is 0 Å². The van der Waals surface area contributed by atoms with Crippen LogP contribution >= 0.6 is 12.4 Å². The summed E-state index contributed by atoms with van der Waals surface area (Å²) < 4.78 is 21.9. The molecule has 2 aromatic rings. The van der Waals surface area contributed by atoms with Crippen molar-refractivity contribution in [2.24, 2.45) is 0 Å². The summed E-state index contributed by atoms with van der Waals surface area (Å²) in [5.41, 5.74) is 1.37. The smallest absolute Gasteiger partial charge is 0.278 e. The molecule has 29 heavy (non-hydrogen) atoms. The molecule has 7 nitrogen and oxygen atoms in total. The molecular weight excluding hydrogens is 397 g/mol. The van der Waals surface area contributed by atoms with Crippen LogP contribution in [-0.2, 0) is 0 Å². The molecule has 1 aromatic heterocycles. The number of benzene rings is 1. The number of rotatable bonds is 5. The van der Waals surface area contributed by atoms with E-state index in [0.717, 1.165) is 57.3 Å². The summed E-state index contributed by atoms with van der Waals surface area (Å²) >= 11 is 0. The lowest BCUT2D eigenvalue weighted by Crippen LogP contribution is -2.30. The van der Waals surface area contributed by atoms with Gasteiger partial charge in [0.1, 0.15) is 0 Å². The first-order valence-corrected chi connectivity index (χ1v) is 10.0. The third-order valence-electron chi connectivity index (χ3n) is 5.58. The van der Waals surface area contributed by atoms with Crippen LogP contribution in [0.5, 0.6) is 5.75 Å². The van der Waals surface area contributed by atoms with Crippen LogP contribution < -0.4 is 15.4 Å². The number of halogens is 2. The number of aromatic nitrogens is 3. The van der Waals surface area contributed by atoms with Gasteiger partial charge in [-0.2, -0.15) is 0 Å². The largest absolute Gasteiger partial charge is 0.487 e. The van der Waals surface area contributed by atoms with Crippen LogP contribution in [0, 0.1) is 12.7 Å². The van der Waals surface area contributed by atoms with Crippen LogP contribution in [0.4, 0.5) is 10.1 Å². The van der Waals surface area contributed by atoms with Gasteiger partial charge in [0.05, 0.1) is 17.8 Å². The molecule has 0 radical (unpaired) electrons. The first kappa shape index (κ1) is 21.5. The van der Waals surface area contributed by atoms with E-state index in [1.54, 1.807) is 12.1 Å².